The summed E-state index contributed by atoms with van der Waals surface area (Å²) in [5.74, 6) is -2.63. The molecule has 3 rings (SSSR count). The summed E-state index contributed by atoms with van der Waals surface area (Å²) in [6, 6.07) is 16.5. The standard InChI is InChI=1S/C14H10N2O4.C9H13NO3/c17-13(18)9-5-1-3-7-11(9)15-16-12-8-4-2-6-10(12)14(19)20;1-10-5-9(13)6-2-3-7(11)8(12)4-6/h1-8H,(H,17,18)(H,19,20);2-4,9-13H,5H2,1H3. The van der Waals surface area contributed by atoms with Gasteiger partial charge in [-0.2, -0.15) is 0 Å². The number of carbonyl (C=O) groups is 2. The lowest BCUT2D eigenvalue weighted by molar-refractivity contribution is 0.0686. The molecule has 6 N–H and O–H groups in total. The lowest BCUT2D eigenvalue weighted by atomic mass is 10.1. The van der Waals surface area contributed by atoms with Gasteiger partial charge in [-0.15, -0.1) is 10.2 Å². The lowest BCUT2D eigenvalue weighted by Crippen LogP contribution is -2.16. The van der Waals surface area contributed by atoms with Gasteiger partial charge in [0, 0.05) is 6.54 Å². The predicted molar refractivity (Wildman–Crippen MR) is 120 cm³/mol. The second-order valence-electron chi connectivity index (χ2n) is 6.67. The van der Waals surface area contributed by atoms with Crippen molar-refractivity contribution in [1.82, 2.24) is 5.32 Å². The molecule has 0 aliphatic heterocycles. The van der Waals surface area contributed by atoms with E-state index in [2.05, 4.69) is 15.5 Å². The van der Waals surface area contributed by atoms with Crippen molar-refractivity contribution < 1.29 is 35.1 Å². The molecule has 10 nitrogen and oxygen atoms in total. The zero-order chi connectivity index (χ0) is 24.4. The molecule has 172 valence electrons. The van der Waals surface area contributed by atoms with Crippen molar-refractivity contribution in [3.8, 4) is 11.5 Å². The molecule has 0 fully saturated rings. The van der Waals surface area contributed by atoms with Crippen LogP contribution >= 0.6 is 0 Å². The number of benzene rings is 3. The number of aromatic hydroxyl groups is 2. The maximum Gasteiger partial charge on any atom is 0.337 e. The second-order valence-corrected chi connectivity index (χ2v) is 6.67. The number of likely N-dealkylation sites (N-methyl/N-ethyl adjacent to an activating group) is 1. The van der Waals surface area contributed by atoms with Gasteiger partial charge < -0.3 is 30.8 Å². The van der Waals surface area contributed by atoms with Crippen molar-refractivity contribution in [3.05, 3.63) is 83.4 Å². The van der Waals surface area contributed by atoms with Gasteiger partial charge in [-0.05, 0) is 49.0 Å². The van der Waals surface area contributed by atoms with E-state index in [1.165, 1.54) is 36.4 Å². The van der Waals surface area contributed by atoms with Crippen LogP contribution in [0.2, 0.25) is 0 Å². The van der Waals surface area contributed by atoms with Gasteiger partial charge in [0.25, 0.3) is 0 Å². The Morgan fingerprint density at radius 2 is 1.30 bits per heavy atom. The van der Waals surface area contributed by atoms with Gasteiger partial charge in [0.05, 0.1) is 17.2 Å². The largest absolute Gasteiger partial charge is 0.504 e. The third-order valence-electron chi connectivity index (χ3n) is 4.32. The number of azo groups is 1. The number of hydrogen-bond acceptors (Lipinski definition) is 8. The summed E-state index contributed by atoms with van der Waals surface area (Å²) in [5, 5.41) is 56.1. The zero-order valence-corrected chi connectivity index (χ0v) is 17.6. The van der Waals surface area contributed by atoms with Crippen LogP contribution in [0.4, 0.5) is 11.4 Å². The summed E-state index contributed by atoms with van der Waals surface area (Å²) >= 11 is 0. The topological polar surface area (TPSA) is 172 Å². The molecular formula is C23H23N3O7. The van der Waals surface area contributed by atoms with Crippen LogP contribution in [-0.2, 0) is 0 Å². The minimum atomic E-state index is -1.12. The van der Waals surface area contributed by atoms with Crippen LogP contribution in [0.3, 0.4) is 0 Å². The number of aliphatic hydroxyl groups excluding tert-OH is 1. The van der Waals surface area contributed by atoms with Crippen LogP contribution in [0, 0.1) is 0 Å². The number of carboxylic acid groups (broad SMARTS) is 2. The van der Waals surface area contributed by atoms with Gasteiger partial charge in [-0.25, -0.2) is 9.59 Å². The van der Waals surface area contributed by atoms with Gasteiger partial charge >= 0.3 is 11.9 Å². The van der Waals surface area contributed by atoms with Gasteiger partial charge in [0.2, 0.25) is 0 Å². The van der Waals surface area contributed by atoms with Gasteiger partial charge in [-0.3, -0.25) is 0 Å². The molecule has 1 unspecified atom stereocenters. The Labute approximate surface area is 189 Å². The monoisotopic (exact) mass is 453 g/mol. The average Bonchev–Trinajstić information content (AvgIpc) is 2.80. The Kier molecular flexibility index (Phi) is 9.04. The van der Waals surface area contributed by atoms with Crippen molar-refractivity contribution in [1.29, 1.82) is 0 Å². The van der Waals surface area contributed by atoms with Crippen molar-refractivity contribution in [2.45, 2.75) is 6.10 Å². The molecule has 0 saturated carbocycles. The summed E-state index contributed by atoms with van der Waals surface area (Å²) in [7, 11) is 1.73. The van der Waals surface area contributed by atoms with Gasteiger partial charge in [0.1, 0.15) is 11.4 Å². The van der Waals surface area contributed by atoms with Crippen LogP contribution in [-0.4, -0.2) is 51.1 Å². The molecule has 0 aromatic heterocycles. The normalized spacial score (nSPS) is 11.5. The van der Waals surface area contributed by atoms with E-state index in [1.807, 2.05) is 0 Å². The second kappa shape index (κ2) is 11.9. The summed E-state index contributed by atoms with van der Waals surface area (Å²) < 4.78 is 0. The van der Waals surface area contributed by atoms with E-state index in [0.717, 1.165) is 0 Å². The third-order valence-corrected chi connectivity index (χ3v) is 4.32. The van der Waals surface area contributed by atoms with E-state index in [0.29, 0.717) is 12.1 Å². The predicted octanol–water partition coefficient (Wildman–Crippen LogP) is 3.85. The van der Waals surface area contributed by atoms with E-state index in [-0.39, 0.29) is 34.0 Å². The number of phenolic OH excluding ortho intramolecular Hbond substituents is 2. The summed E-state index contributed by atoms with van der Waals surface area (Å²) in [6.45, 7) is 0.407. The number of rotatable bonds is 7. The van der Waals surface area contributed by atoms with Gasteiger partial charge in [0.15, 0.2) is 11.5 Å². The van der Waals surface area contributed by atoms with Crippen molar-refractivity contribution in [2.24, 2.45) is 10.2 Å². The Morgan fingerprint density at radius 3 is 1.73 bits per heavy atom. The number of nitrogens with zero attached hydrogens (tertiary/aromatic N) is 2. The Bertz CT molecular complexity index is 1090. The first-order valence-corrected chi connectivity index (χ1v) is 9.65. The van der Waals surface area contributed by atoms with Crippen molar-refractivity contribution >= 4 is 23.3 Å². The number of carboxylic acids is 2. The average molecular weight is 453 g/mol. The van der Waals surface area contributed by atoms with E-state index in [4.69, 9.17) is 20.4 Å². The van der Waals surface area contributed by atoms with E-state index >= 15 is 0 Å². The molecular weight excluding hydrogens is 430 g/mol. The molecule has 10 heteroatoms. The highest BCUT2D eigenvalue weighted by atomic mass is 16.4. The van der Waals surface area contributed by atoms with Crippen molar-refractivity contribution in [2.75, 3.05) is 13.6 Å². The summed E-state index contributed by atoms with van der Waals surface area (Å²) in [5.41, 5.74) is 0.915. The fourth-order valence-electron chi connectivity index (χ4n) is 2.65. The molecule has 0 bridgehead atoms. The smallest absolute Gasteiger partial charge is 0.337 e. The Morgan fingerprint density at radius 1 is 0.818 bits per heavy atom. The number of aromatic carboxylic acids is 2. The molecule has 3 aromatic carbocycles. The number of hydrogen-bond donors (Lipinski definition) is 6. The van der Waals surface area contributed by atoms with Crippen LogP contribution in [0.15, 0.2) is 77.0 Å². The molecule has 1 atom stereocenters. The molecule has 0 spiro atoms. The lowest BCUT2D eigenvalue weighted by Gasteiger charge is -2.10. The molecule has 3 aromatic rings. The molecule has 0 radical (unpaired) electrons. The molecule has 0 aliphatic rings. The van der Waals surface area contributed by atoms with Crippen LogP contribution in [0.25, 0.3) is 0 Å². The third kappa shape index (κ3) is 7.13. The van der Waals surface area contributed by atoms with Crippen LogP contribution < -0.4 is 5.32 Å². The van der Waals surface area contributed by atoms with Gasteiger partial charge in [-0.1, -0.05) is 30.3 Å². The molecule has 0 aliphatic carbocycles. The van der Waals surface area contributed by atoms with E-state index in [1.54, 1.807) is 37.4 Å². The fourth-order valence-corrected chi connectivity index (χ4v) is 2.65. The van der Waals surface area contributed by atoms with E-state index < -0.39 is 18.0 Å². The maximum atomic E-state index is 11.0. The maximum absolute atomic E-state index is 11.0. The fraction of sp³-hybridized carbons (Fsp3) is 0.130. The zero-order valence-electron chi connectivity index (χ0n) is 17.6. The number of phenols is 2. The Hall–Kier alpha value is -4.28. The SMILES string of the molecule is CNCC(O)c1ccc(O)c(O)c1.O=C(O)c1ccccc1N=Nc1ccccc1C(=O)O. The summed E-state index contributed by atoms with van der Waals surface area (Å²) in [6.07, 6.45) is -0.670. The van der Waals surface area contributed by atoms with Crippen LogP contribution in [0.5, 0.6) is 11.5 Å². The molecule has 0 amide bonds. The highest BCUT2D eigenvalue weighted by Crippen LogP contribution is 2.27. The highest BCUT2D eigenvalue weighted by Gasteiger charge is 2.11. The van der Waals surface area contributed by atoms with E-state index in [9.17, 15) is 14.7 Å². The molecule has 0 saturated heterocycles. The highest BCUT2D eigenvalue weighted by molar-refractivity contribution is 5.94. The first-order chi connectivity index (χ1) is 15.7. The number of nitrogens with one attached hydrogen (secondary N) is 1. The minimum Gasteiger partial charge on any atom is -0.504 e. The first kappa shape index (κ1) is 25.0. The first-order valence-electron chi connectivity index (χ1n) is 9.65. The molecule has 0 heterocycles. The quantitative estimate of drug-likeness (QED) is 0.231. The molecule has 33 heavy (non-hydrogen) atoms. The van der Waals surface area contributed by atoms with Crippen LogP contribution in [0.1, 0.15) is 32.4 Å². The van der Waals surface area contributed by atoms with Crippen molar-refractivity contribution in [3.63, 3.8) is 0 Å². The summed E-state index contributed by atoms with van der Waals surface area (Å²) in [4.78, 5) is 22.0. The Balaban J connectivity index is 0.000000257. The number of aliphatic hydroxyl groups is 1. The minimum absolute atomic E-state index is 0.00376.